The van der Waals surface area contributed by atoms with Gasteiger partial charge in [-0.3, -0.25) is 0 Å². The van der Waals surface area contributed by atoms with Crippen LogP contribution in [0.4, 0.5) is 4.79 Å². The van der Waals surface area contributed by atoms with Gasteiger partial charge < -0.3 is 15.7 Å². The summed E-state index contributed by atoms with van der Waals surface area (Å²) >= 11 is 6.06. The molecule has 0 spiro atoms. The van der Waals surface area contributed by atoms with Crippen molar-refractivity contribution in [3.05, 3.63) is 34.9 Å². The molecule has 0 radical (unpaired) electrons. The van der Waals surface area contributed by atoms with Gasteiger partial charge in [0.1, 0.15) is 6.04 Å². The molecule has 1 rings (SSSR count). The number of carboxylic acids is 1. The summed E-state index contributed by atoms with van der Waals surface area (Å²) in [6.07, 6.45) is 2.04. The van der Waals surface area contributed by atoms with Gasteiger partial charge in [0.15, 0.2) is 0 Å². The SMILES string of the molecule is CCCCC(NC(=O)NC(C)c1ccccc1Cl)C(=O)O. The van der Waals surface area contributed by atoms with Crippen molar-refractivity contribution < 1.29 is 14.7 Å². The standard InChI is InChI=1S/C15H21ClN2O3/c1-3-4-9-13(14(19)20)18-15(21)17-10(2)11-7-5-6-8-12(11)16/h5-8,10,13H,3-4,9H2,1-2H3,(H,19,20)(H2,17,18,21). The number of unbranched alkanes of at least 4 members (excludes halogenated alkanes) is 1. The summed E-state index contributed by atoms with van der Waals surface area (Å²) < 4.78 is 0. The highest BCUT2D eigenvalue weighted by Gasteiger charge is 2.20. The van der Waals surface area contributed by atoms with E-state index < -0.39 is 18.0 Å². The second-order valence-corrected chi connectivity index (χ2v) is 5.30. The van der Waals surface area contributed by atoms with Crippen molar-refractivity contribution in [2.24, 2.45) is 0 Å². The minimum Gasteiger partial charge on any atom is -0.480 e. The Hall–Kier alpha value is -1.75. The number of urea groups is 1. The zero-order chi connectivity index (χ0) is 15.8. The summed E-state index contributed by atoms with van der Waals surface area (Å²) in [6, 6.07) is 5.52. The lowest BCUT2D eigenvalue weighted by atomic mass is 10.1. The molecule has 1 aromatic rings. The quantitative estimate of drug-likeness (QED) is 0.722. The van der Waals surface area contributed by atoms with E-state index in [4.69, 9.17) is 16.7 Å². The molecular formula is C15H21ClN2O3. The van der Waals surface area contributed by atoms with E-state index in [9.17, 15) is 9.59 Å². The van der Waals surface area contributed by atoms with Gasteiger partial charge in [0, 0.05) is 5.02 Å². The molecule has 0 saturated carbocycles. The van der Waals surface area contributed by atoms with Gasteiger partial charge >= 0.3 is 12.0 Å². The fourth-order valence-corrected chi connectivity index (χ4v) is 2.27. The van der Waals surface area contributed by atoms with Crippen molar-refractivity contribution in [2.75, 3.05) is 0 Å². The molecule has 21 heavy (non-hydrogen) atoms. The molecular weight excluding hydrogens is 292 g/mol. The van der Waals surface area contributed by atoms with Gasteiger partial charge in [0.25, 0.3) is 0 Å². The van der Waals surface area contributed by atoms with E-state index in [1.807, 2.05) is 25.1 Å². The van der Waals surface area contributed by atoms with Gasteiger partial charge in [-0.05, 0) is 25.0 Å². The average molecular weight is 313 g/mol. The van der Waals surface area contributed by atoms with Crippen LogP contribution >= 0.6 is 11.6 Å². The Morgan fingerprint density at radius 2 is 1.95 bits per heavy atom. The Kier molecular flexibility index (Phi) is 7.02. The number of hydrogen-bond donors (Lipinski definition) is 3. The summed E-state index contributed by atoms with van der Waals surface area (Å²) in [7, 11) is 0. The van der Waals surface area contributed by atoms with Crippen LogP contribution in [0.25, 0.3) is 0 Å². The largest absolute Gasteiger partial charge is 0.480 e. The van der Waals surface area contributed by atoms with E-state index in [1.165, 1.54) is 0 Å². The van der Waals surface area contributed by atoms with Crippen molar-refractivity contribution in [3.8, 4) is 0 Å². The molecule has 6 heteroatoms. The zero-order valence-corrected chi connectivity index (χ0v) is 13.0. The monoisotopic (exact) mass is 312 g/mol. The third-order valence-corrected chi connectivity index (χ3v) is 3.51. The smallest absolute Gasteiger partial charge is 0.326 e. The van der Waals surface area contributed by atoms with Crippen LogP contribution in [-0.4, -0.2) is 23.1 Å². The number of hydrogen-bond acceptors (Lipinski definition) is 2. The molecule has 1 aromatic carbocycles. The fourth-order valence-electron chi connectivity index (χ4n) is 1.97. The molecule has 0 heterocycles. The van der Waals surface area contributed by atoms with Crippen LogP contribution < -0.4 is 10.6 Å². The topological polar surface area (TPSA) is 78.4 Å². The maximum absolute atomic E-state index is 11.9. The van der Waals surface area contributed by atoms with Gasteiger partial charge in [-0.15, -0.1) is 0 Å². The van der Waals surface area contributed by atoms with Gasteiger partial charge in [0.05, 0.1) is 6.04 Å². The summed E-state index contributed by atoms with van der Waals surface area (Å²) in [5.41, 5.74) is 0.787. The molecule has 0 saturated heterocycles. The second kappa shape index (κ2) is 8.52. The predicted octanol–water partition coefficient (Wildman–Crippen LogP) is 3.34. The van der Waals surface area contributed by atoms with Gasteiger partial charge in [-0.25, -0.2) is 9.59 Å². The number of rotatable bonds is 7. The maximum atomic E-state index is 11.9. The first-order valence-electron chi connectivity index (χ1n) is 7.00. The van der Waals surface area contributed by atoms with Crippen molar-refractivity contribution in [3.63, 3.8) is 0 Å². The van der Waals surface area contributed by atoms with Crippen molar-refractivity contribution in [2.45, 2.75) is 45.2 Å². The summed E-state index contributed by atoms with van der Waals surface area (Å²) in [5.74, 6) is -1.02. The minimum atomic E-state index is -1.02. The number of carbonyl (C=O) groups is 2. The summed E-state index contributed by atoms with van der Waals surface area (Å²) in [6.45, 7) is 3.76. The number of carbonyl (C=O) groups excluding carboxylic acids is 1. The third-order valence-electron chi connectivity index (χ3n) is 3.17. The predicted molar refractivity (Wildman–Crippen MR) is 82.5 cm³/mol. The highest BCUT2D eigenvalue weighted by Crippen LogP contribution is 2.21. The van der Waals surface area contributed by atoms with Crippen molar-refractivity contribution >= 4 is 23.6 Å². The van der Waals surface area contributed by atoms with Crippen LogP contribution in [0.3, 0.4) is 0 Å². The van der Waals surface area contributed by atoms with E-state index in [-0.39, 0.29) is 6.04 Å². The number of aliphatic carboxylic acids is 1. The first-order valence-corrected chi connectivity index (χ1v) is 7.37. The molecule has 3 N–H and O–H groups in total. The number of nitrogens with one attached hydrogen (secondary N) is 2. The molecule has 5 nitrogen and oxygen atoms in total. The lowest BCUT2D eigenvalue weighted by Crippen LogP contribution is -2.46. The van der Waals surface area contributed by atoms with Crippen molar-refractivity contribution in [1.82, 2.24) is 10.6 Å². The lowest BCUT2D eigenvalue weighted by molar-refractivity contribution is -0.139. The first-order chi connectivity index (χ1) is 9.95. The summed E-state index contributed by atoms with van der Waals surface area (Å²) in [4.78, 5) is 23.0. The highest BCUT2D eigenvalue weighted by atomic mass is 35.5. The number of carboxylic acid groups (broad SMARTS) is 1. The Bertz CT molecular complexity index is 494. The average Bonchev–Trinajstić information content (AvgIpc) is 2.43. The molecule has 0 aliphatic carbocycles. The van der Waals surface area contributed by atoms with Crippen LogP contribution in [0.2, 0.25) is 5.02 Å². The lowest BCUT2D eigenvalue weighted by Gasteiger charge is -2.19. The maximum Gasteiger partial charge on any atom is 0.326 e. The van der Waals surface area contributed by atoms with E-state index in [1.54, 1.807) is 13.0 Å². The second-order valence-electron chi connectivity index (χ2n) is 4.89. The highest BCUT2D eigenvalue weighted by molar-refractivity contribution is 6.31. The normalized spacial score (nSPS) is 13.3. The molecule has 0 aliphatic rings. The number of benzene rings is 1. The number of amides is 2. The van der Waals surface area contributed by atoms with E-state index in [0.29, 0.717) is 11.4 Å². The molecule has 0 aliphatic heterocycles. The minimum absolute atomic E-state index is 0.306. The molecule has 0 fully saturated rings. The van der Waals surface area contributed by atoms with Crippen LogP contribution in [0.5, 0.6) is 0 Å². The Labute approximate surface area is 129 Å². The van der Waals surface area contributed by atoms with Crippen LogP contribution in [0.1, 0.15) is 44.7 Å². The van der Waals surface area contributed by atoms with E-state index in [0.717, 1.165) is 18.4 Å². The molecule has 116 valence electrons. The molecule has 0 bridgehead atoms. The Morgan fingerprint density at radius 3 is 2.52 bits per heavy atom. The third kappa shape index (κ3) is 5.63. The molecule has 2 atom stereocenters. The molecule has 2 amide bonds. The Morgan fingerprint density at radius 1 is 1.29 bits per heavy atom. The van der Waals surface area contributed by atoms with Crippen LogP contribution in [0.15, 0.2) is 24.3 Å². The zero-order valence-electron chi connectivity index (χ0n) is 12.2. The first kappa shape index (κ1) is 17.3. The molecule has 2 unspecified atom stereocenters. The van der Waals surface area contributed by atoms with E-state index >= 15 is 0 Å². The van der Waals surface area contributed by atoms with Crippen LogP contribution in [0, 0.1) is 0 Å². The van der Waals surface area contributed by atoms with Gasteiger partial charge in [-0.1, -0.05) is 49.6 Å². The number of halogens is 1. The van der Waals surface area contributed by atoms with E-state index in [2.05, 4.69) is 10.6 Å². The molecule has 0 aromatic heterocycles. The summed E-state index contributed by atoms with van der Waals surface area (Å²) in [5, 5.41) is 14.8. The van der Waals surface area contributed by atoms with Crippen LogP contribution in [-0.2, 0) is 4.79 Å². The van der Waals surface area contributed by atoms with Crippen molar-refractivity contribution in [1.29, 1.82) is 0 Å². The van der Waals surface area contributed by atoms with Gasteiger partial charge in [-0.2, -0.15) is 0 Å². The van der Waals surface area contributed by atoms with Gasteiger partial charge in [0.2, 0.25) is 0 Å². The fraction of sp³-hybridized carbons (Fsp3) is 0.467. The Balaban J connectivity index is 2.59.